The monoisotopic (exact) mass is 277 g/mol. The van der Waals surface area contributed by atoms with Gasteiger partial charge in [0, 0.05) is 10.9 Å². The van der Waals surface area contributed by atoms with E-state index >= 15 is 0 Å². The summed E-state index contributed by atoms with van der Waals surface area (Å²) in [5.74, 6) is 0.635. The molecule has 0 spiro atoms. The number of rotatable bonds is 2. The fraction of sp³-hybridized carbons (Fsp3) is 0. The predicted octanol–water partition coefficient (Wildman–Crippen LogP) is 2.63. The lowest BCUT2D eigenvalue weighted by Gasteiger charge is -2.04. The Hall–Kier alpha value is -1.92. The molecule has 0 saturated carbocycles. The maximum absolute atomic E-state index is 6.01. The van der Waals surface area contributed by atoms with E-state index in [0.717, 1.165) is 11.3 Å². The summed E-state index contributed by atoms with van der Waals surface area (Å²) in [6.45, 7) is 0. The van der Waals surface area contributed by atoms with E-state index in [4.69, 9.17) is 17.3 Å². The second-order valence-electron chi connectivity index (χ2n) is 3.63. The molecule has 0 amide bonds. The molecule has 0 saturated heterocycles. The van der Waals surface area contributed by atoms with Crippen LogP contribution in [0.4, 0.5) is 5.69 Å². The number of tetrazole rings is 1. The molecule has 7 heteroatoms. The number of hydrogen-bond donors (Lipinski definition) is 1. The standard InChI is InChI=1S/C11H8ClN5S/c12-9-5-7(1-2-10(9)13)11-14-15-16-17(11)8-3-4-18-6-8/h1-6H,13H2. The number of nitrogens with zero attached hydrogens (tertiary/aromatic N) is 4. The third-order valence-corrected chi connectivity index (χ3v) is 3.48. The number of nitrogens with two attached hydrogens (primary N) is 1. The molecule has 0 atom stereocenters. The Bertz CT molecular complexity index is 677. The van der Waals surface area contributed by atoms with E-state index in [-0.39, 0.29) is 0 Å². The smallest absolute Gasteiger partial charge is 0.187 e. The molecule has 90 valence electrons. The highest BCUT2D eigenvalue weighted by molar-refractivity contribution is 7.08. The molecule has 0 unspecified atom stereocenters. The molecule has 5 nitrogen and oxygen atoms in total. The van der Waals surface area contributed by atoms with Gasteiger partial charge in [0.05, 0.1) is 16.4 Å². The van der Waals surface area contributed by atoms with E-state index in [1.165, 1.54) is 0 Å². The average molecular weight is 278 g/mol. The van der Waals surface area contributed by atoms with Crippen LogP contribution in [-0.4, -0.2) is 20.2 Å². The zero-order valence-corrected chi connectivity index (χ0v) is 10.7. The van der Waals surface area contributed by atoms with Gasteiger partial charge in [0.15, 0.2) is 5.82 Å². The van der Waals surface area contributed by atoms with Gasteiger partial charge in [0.2, 0.25) is 0 Å². The van der Waals surface area contributed by atoms with Gasteiger partial charge in [-0.3, -0.25) is 0 Å². The normalized spacial score (nSPS) is 10.7. The Balaban J connectivity index is 2.13. The maximum atomic E-state index is 6.01. The summed E-state index contributed by atoms with van der Waals surface area (Å²) in [7, 11) is 0. The van der Waals surface area contributed by atoms with E-state index in [0.29, 0.717) is 16.5 Å². The van der Waals surface area contributed by atoms with Crippen LogP contribution in [0.1, 0.15) is 0 Å². The first kappa shape index (κ1) is 11.2. The molecule has 0 bridgehead atoms. The fourth-order valence-electron chi connectivity index (χ4n) is 1.59. The minimum atomic E-state index is 0.493. The van der Waals surface area contributed by atoms with Crippen molar-refractivity contribution in [2.45, 2.75) is 0 Å². The van der Waals surface area contributed by atoms with E-state index in [2.05, 4.69) is 15.5 Å². The molecule has 0 aliphatic carbocycles. The van der Waals surface area contributed by atoms with Crippen LogP contribution in [0.2, 0.25) is 5.02 Å². The quantitative estimate of drug-likeness (QED) is 0.731. The van der Waals surface area contributed by atoms with Gasteiger partial charge in [-0.15, -0.1) is 5.10 Å². The molecule has 3 aromatic rings. The highest BCUT2D eigenvalue weighted by Crippen LogP contribution is 2.26. The van der Waals surface area contributed by atoms with Crippen LogP contribution in [-0.2, 0) is 0 Å². The van der Waals surface area contributed by atoms with Crippen LogP contribution in [0.25, 0.3) is 17.1 Å². The van der Waals surface area contributed by atoms with Gasteiger partial charge in [-0.05, 0) is 40.1 Å². The zero-order valence-electron chi connectivity index (χ0n) is 9.12. The topological polar surface area (TPSA) is 69.6 Å². The summed E-state index contributed by atoms with van der Waals surface area (Å²) in [4.78, 5) is 0. The molecule has 0 aliphatic heterocycles. The molecular weight excluding hydrogens is 270 g/mol. The lowest BCUT2D eigenvalue weighted by Crippen LogP contribution is -1.98. The van der Waals surface area contributed by atoms with Crippen molar-refractivity contribution in [3.63, 3.8) is 0 Å². The van der Waals surface area contributed by atoms with Crippen molar-refractivity contribution in [3.8, 4) is 17.1 Å². The Morgan fingerprint density at radius 2 is 2.17 bits per heavy atom. The van der Waals surface area contributed by atoms with Crippen molar-refractivity contribution in [1.82, 2.24) is 20.2 Å². The summed E-state index contributed by atoms with van der Waals surface area (Å²) in [5.41, 5.74) is 7.97. The van der Waals surface area contributed by atoms with Crippen LogP contribution < -0.4 is 5.73 Å². The lowest BCUT2D eigenvalue weighted by molar-refractivity contribution is 0.793. The number of anilines is 1. The average Bonchev–Trinajstić information content (AvgIpc) is 3.00. The second-order valence-corrected chi connectivity index (χ2v) is 4.82. The minimum absolute atomic E-state index is 0.493. The summed E-state index contributed by atoms with van der Waals surface area (Å²) in [6, 6.07) is 7.29. The molecule has 2 aromatic heterocycles. The first-order valence-corrected chi connectivity index (χ1v) is 6.44. The summed E-state index contributed by atoms with van der Waals surface area (Å²) in [6.07, 6.45) is 0. The summed E-state index contributed by atoms with van der Waals surface area (Å²) < 4.78 is 1.67. The summed E-state index contributed by atoms with van der Waals surface area (Å²) >= 11 is 7.59. The molecule has 1 aromatic carbocycles. The number of benzene rings is 1. The molecular formula is C11H8ClN5S. The Morgan fingerprint density at radius 1 is 1.28 bits per heavy atom. The molecule has 2 heterocycles. The lowest BCUT2D eigenvalue weighted by atomic mass is 10.2. The third-order valence-electron chi connectivity index (χ3n) is 2.48. The van der Waals surface area contributed by atoms with Crippen LogP contribution in [0, 0.1) is 0 Å². The van der Waals surface area contributed by atoms with Crippen LogP contribution in [0.3, 0.4) is 0 Å². The maximum Gasteiger partial charge on any atom is 0.187 e. The number of nitrogen functional groups attached to an aromatic ring is 1. The zero-order chi connectivity index (χ0) is 12.5. The molecule has 0 aliphatic rings. The highest BCUT2D eigenvalue weighted by Gasteiger charge is 2.11. The van der Waals surface area contributed by atoms with Gasteiger partial charge >= 0.3 is 0 Å². The Labute approximate surface area is 112 Å². The van der Waals surface area contributed by atoms with Crippen LogP contribution in [0.5, 0.6) is 0 Å². The Kier molecular flexibility index (Phi) is 2.73. The summed E-state index contributed by atoms with van der Waals surface area (Å²) in [5, 5.41) is 16.1. The van der Waals surface area contributed by atoms with Crippen LogP contribution >= 0.6 is 22.9 Å². The number of hydrogen-bond acceptors (Lipinski definition) is 5. The van der Waals surface area contributed by atoms with E-state index in [1.54, 1.807) is 28.2 Å². The van der Waals surface area contributed by atoms with E-state index < -0.39 is 0 Å². The number of aromatic nitrogens is 4. The van der Waals surface area contributed by atoms with Gasteiger partial charge < -0.3 is 5.73 Å². The van der Waals surface area contributed by atoms with Crippen LogP contribution in [0.15, 0.2) is 35.0 Å². The molecule has 2 N–H and O–H groups in total. The number of thiophene rings is 1. The van der Waals surface area contributed by atoms with Gasteiger partial charge in [-0.25, -0.2) is 0 Å². The van der Waals surface area contributed by atoms with Gasteiger partial charge in [0.25, 0.3) is 0 Å². The minimum Gasteiger partial charge on any atom is -0.398 e. The first-order chi connectivity index (χ1) is 8.75. The Morgan fingerprint density at radius 3 is 2.89 bits per heavy atom. The number of halogens is 1. The molecule has 0 fully saturated rings. The fourth-order valence-corrected chi connectivity index (χ4v) is 2.38. The first-order valence-electron chi connectivity index (χ1n) is 5.12. The van der Waals surface area contributed by atoms with Gasteiger partial charge in [-0.2, -0.15) is 16.0 Å². The molecule has 18 heavy (non-hydrogen) atoms. The van der Waals surface area contributed by atoms with Crippen molar-refractivity contribution in [2.75, 3.05) is 5.73 Å². The van der Waals surface area contributed by atoms with Crippen molar-refractivity contribution in [1.29, 1.82) is 0 Å². The van der Waals surface area contributed by atoms with E-state index in [9.17, 15) is 0 Å². The van der Waals surface area contributed by atoms with Crippen molar-refractivity contribution in [3.05, 3.63) is 40.0 Å². The SMILES string of the molecule is Nc1ccc(-c2nnnn2-c2ccsc2)cc1Cl. The van der Waals surface area contributed by atoms with Crippen molar-refractivity contribution in [2.24, 2.45) is 0 Å². The molecule has 0 radical (unpaired) electrons. The second kappa shape index (κ2) is 4.40. The largest absolute Gasteiger partial charge is 0.398 e. The predicted molar refractivity (Wildman–Crippen MR) is 71.9 cm³/mol. The highest BCUT2D eigenvalue weighted by atomic mass is 35.5. The van der Waals surface area contributed by atoms with Crippen molar-refractivity contribution >= 4 is 28.6 Å². The third kappa shape index (κ3) is 1.85. The van der Waals surface area contributed by atoms with Crippen molar-refractivity contribution < 1.29 is 0 Å². The van der Waals surface area contributed by atoms with Gasteiger partial charge in [0.1, 0.15) is 0 Å². The van der Waals surface area contributed by atoms with Gasteiger partial charge in [-0.1, -0.05) is 11.6 Å². The molecule has 3 rings (SSSR count). The van der Waals surface area contributed by atoms with E-state index in [1.807, 2.05) is 22.9 Å².